The van der Waals surface area contributed by atoms with E-state index in [4.69, 9.17) is 4.89 Å². The van der Waals surface area contributed by atoms with Crippen molar-refractivity contribution >= 4 is 13.3 Å². The first-order valence-corrected chi connectivity index (χ1v) is 6.60. The van der Waals surface area contributed by atoms with Crippen LogP contribution in [0.4, 0.5) is 0 Å². The summed E-state index contributed by atoms with van der Waals surface area (Å²) in [5.41, 5.74) is 1.51. The fourth-order valence-corrected chi connectivity index (χ4v) is 2.09. The quantitative estimate of drug-likeness (QED) is 0.815. The van der Waals surface area contributed by atoms with Gasteiger partial charge in [-0.2, -0.15) is 0 Å². The summed E-state index contributed by atoms with van der Waals surface area (Å²) in [7, 11) is -2.65. The Balaban J connectivity index is 2.26. The summed E-state index contributed by atoms with van der Waals surface area (Å²) >= 11 is 0. The number of aliphatic hydroxyl groups is 1. The minimum atomic E-state index is -2.65. The van der Waals surface area contributed by atoms with E-state index >= 15 is 0 Å². The second-order valence-corrected chi connectivity index (χ2v) is 4.93. The molecule has 2 aromatic carbocycles. The lowest BCUT2D eigenvalue weighted by Crippen LogP contribution is -2.02. The first-order chi connectivity index (χ1) is 8.18. The predicted octanol–water partition coefficient (Wildman–Crippen LogP) is 1.86. The molecular formula is C13H13O3P. The van der Waals surface area contributed by atoms with Crippen LogP contribution in [-0.2, 0) is 4.57 Å². The normalized spacial score (nSPS) is 14.2. The number of hydrogen-bond donors (Lipinski definition) is 2. The van der Waals surface area contributed by atoms with Gasteiger partial charge in [0.05, 0.1) is 0 Å². The van der Waals surface area contributed by atoms with Gasteiger partial charge in [-0.1, -0.05) is 42.5 Å². The lowest BCUT2D eigenvalue weighted by Gasteiger charge is -2.11. The standard InChI is InChI=1S/C13H13O3P/c14-13(10-4-2-1-3-5-10)11-6-8-12(9-7-11)17(15)16/h1-9,13-14,17H,(H,15,16). The lowest BCUT2D eigenvalue weighted by molar-refractivity contribution is 0.220. The van der Waals surface area contributed by atoms with Crippen molar-refractivity contribution in [2.24, 2.45) is 0 Å². The third kappa shape index (κ3) is 2.83. The summed E-state index contributed by atoms with van der Waals surface area (Å²) in [6, 6.07) is 15.8. The van der Waals surface area contributed by atoms with Crippen LogP contribution in [0.5, 0.6) is 0 Å². The second-order valence-electron chi connectivity index (χ2n) is 3.74. The van der Waals surface area contributed by atoms with Gasteiger partial charge in [0, 0.05) is 5.30 Å². The molecule has 0 bridgehead atoms. The Bertz CT molecular complexity index is 508. The summed E-state index contributed by atoms with van der Waals surface area (Å²) < 4.78 is 10.9. The third-order valence-electron chi connectivity index (χ3n) is 2.59. The lowest BCUT2D eigenvalue weighted by atomic mass is 10.0. The Kier molecular flexibility index (Phi) is 3.75. The molecule has 0 saturated carbocycles. The summed E-state index contributed by atoms with van der Waals surface area (Å²) in [5, 5.41) is 10.5. The largest absolute Gasteiger partial charge is 0.384 e. The smallest absolute Gasteiger partial charge is 0.218 e. The summed E-state index contributed by atoms with van der Waals surface area (Å²) in [6.45, 7) is 0. The highest BCUT2D eigenvalue weighted by Crippen LogP contribution is 2.22. The molecule has 0 aliphatic carbocycles. The maximum Gasteiger partial charge on any atom is 0.218 e. The van der Waals surface area contributed by atoms with Crippen molar-refractivity contribution in [1.29, 1.82) is 0 Å². The van der Waals surface area contributed by atoms with Gasteiger partial charge in [0.2, 0.25) is 8.03 Å². The van der Waals surface area contributed by atoms with Crippen LogP contribution in [0, 0.1) is 0 Å². The van der Waals surface area contributed by atoms with Crippen LogP contribution in [0.1, 0.15) is 17.2 Å². The van der Waals surface area contributed by atoms with E-state index in [1.165, 1.54) is 0 Å². The van der Waals surface area contributed by atoms with Crippen molar-refractivity contribution in [3.63, 3.8) is 0 Å². The average molecular weight is 248 g/mol. The SMILES string of the molecule is O=[PH](O)c1ccc(C(O)c2ccccc2)cc1. The van der Waals surface area contributed by atoms with E-state index in [2.05, 4.69) is 0 Å². The Morgan fingerprint density at radius 1 is 0.882 bits per heavy atom. The van der Waals surface area contributed by atoms with Crippen molar-refractivity contribution in [1.82, 2.24) is 0 Å². The molecule has 0 saturated heterocycles. The van der Waals surface area contributed by atoms with Crippen LogP contribution in [0.15, 0.2) is 54.6 Å². The monoisotopic (exact) mass is 248 g/mol. The molecule has 0 amide bonds. The van der Waals surface area contributed by atoms with Crippen LogP contribution in [0.25, 0.3) is 0 Å². The number of benzene rings is 2. The fourth-order valence-electron chi connectivity index (χ4n) is 1.64. The van der Waals surface area contributed by atoms with Gasteiger partial charge in [0.1, 0.15) is 6.10 Å². The zero-order chi connectivity index (χ0) is 12.3. The second kappa shape index (κ2) is 5.28. The molecule has 2 N–H and O–H groups in total. The molecule has 0 aromatic heterocycles. The molecule has 0 heterocycles. The predicted molar refractivity (Wildman–Crippen MR) is 67.8 cm³/mol. The van der Waals surface area contributed by atoms with Gasteiger partial charge < -0.3 is 10.00 Å². The topological polar surface area (TPSA) is 57.5 Å². The first kappa shape index (κ1) is 12.1. The van der Waals surface area contributed by atoms with E-state index in [1.807, 2.05) is 30.3 Å². The van der Waals surface area contributed by atoms with Crippen molar-refractivity contribution < 1.29 is 14.6 Å². The van der Waals surface area contributed by atoms with Crippen molar-refractivity contribution in [2.45, 2.75) is 6.10 Å². The van der Waals surface area contributed by atoms with Gasteiger partial charge in [0.15, 0.2) is 0 Å². The van der Waals surface area contributed by atoms with E-state index in [0.717, 1.165) is 5.56 Å². The zero-order valence-electron chi connectivity index (χ0n) is 9.08. The molecule has 2 unspecified atom stereocenters. The highest BCUT2D eigenvalue weighted by Gasteiger charge is 2.10. The molecule has 2 rings (SSSR count). The van der Waals surface area contributed by atoms with Crippen LogP contribution in [0.3, 0.4) is 0 Å². The molecule has 0 radical (unpaired) electrons. The highest BCUT2D eigenvalue weighted by molar-refractivity contribution is 7.47. The molecule has 0 aliphatic heterocycles. The molecule has 4 heteroatoms. The number of rotatable bonds is 3. The van der Waals surface area contributed by atoms with Gasteiger partial charge in [-0.3, -0.25) is 4.57 Å². The Labute approximate surface area is 100 Å². The minimum absolute atomic E-state index is 0.402. The van der Waals surface area contributed by atoms with Gasteiger partial charge in [-0.05, 0) is 23.3 Å². The van der Waals surface area contributed by atoms with Crippen molar-refractivity contribution in [2.75, 3.05) is 0 Å². The van der Waals surface area contributed by atoms with Gasteiger partial charge >= 0.3 is 0 Å². The van der Waals surface area contributed by atoms with E-state index in [0.29, 0.717) is 10.9 Å². The summed E-state index contributed by atoms with van der Waals surface area (Å²) in [6.07, 6.45) is -0.703. The zero-order valence-corrected chi connectivity index (χ0v) is 10.1. The minimum Gasteiger partial charge on any atom is -0.384 e. The number of hydrogen-bond acceptors (Lipinski definition) is 2. The third-order valence-corrected chi connectivity index (χ3v) is 3.42. The van der Waals surface area contributed by atoms with Crippen LogP contribution >= 0.6 is 8.03 Å². The summed E-state index contributed by atoms with van der Waals surface area (Å²) in [4.78, 5) is 8.95. The van der Waals surface area contributed by atoms with Crippen LogP contribution < -0.4 is 5.30 Å². The van der Waals surface area contributed by atoms with E-state index in [9.17, 15) is 9.67 Å². The highest BCUT2D eigenvalue weighted by atomic mass is 31.1. The van der Waals surface area contributed by atoms with Gasteiger partial charge in [-0.15, -0.1) is 0 Å². The van der Waals surface area contributed by atoms with Crippen molar-refractivity contribution in [3.05, 3.63) is 65.7 Å². The van der Waals surface area contributed by atoms with Gasteiger partial charge in [-0.25, -0.2) is 0 Å². The molecule has 2 atom stereocenters. The van der Waals surface area contributed by atoms with Crippen LogP contribution in [-0.4, -0.2) is 10.00 Å². The Morgan fingerprint density at radius 2 is 1.41 bits per heavy atom. The van der Waals surface area contributed by atoms with E-state index in [-0.39, 0.29) is 0 Å². The maximum atomic E-state index is 10.9. The molecule has 0 aliphatic rings. The first-order valence-electron chi connectivity index (χ1n) is 5.25. The fraction of sp³-hybridized carbons (Fsp3) is 0.0769. The molecule has 3 nitrogen and oxygen atoms in total. The Morgan fingerprint density at radius 3 is 1.94 bits per heavy atom. The molecule has 2 aromatic rings. The molecule has 17 heavy (non-hydrogen) atoms. The van der Waals surface area contributed by atoms with Gasteiger partial charge in [0.25, 0.3) is 0 Å². The Hall–Kier alpha value is -1.41. The molecule has 88 valence electrons. The summed E-state index contributed by atoms with van der Waals surface area (Å²) in [5.74, 6) is 0. The molecular weight excluding hydrogens is 235 g/mol. The maximum absolute atomic E-state index is 10.9. The van der Waals surface area contributed by atoms with E-state index < -0.39 is 14.1 Å². The number of aliphatic hydroxyl groups excluding tert-OH is 1. The van der Waals surface area contributed by atoms with Crippen molar-refractivity contribution in [3.8, 4) is 0 Å². The van der Waals surface area contributed by atoms with E-state index in [1.54, 1.807) is 24.3 Å². The molecule has 0 spiro atoms. The van der Waals surface area contributed by atoms with Crippen LogP contribution in [0.2, 0.25) is 0 Å². The molecule has 0 fully saturated rings. The average Bonchev–Trinajstić information content (AvgIpc) is 2.39.